The van der Waals surface area contributed by atoms with Gasteiger partial charge in [0.2, 0.25) is 0 Å². The Labute approximate surface area is 140 Å². The smallest absolute Gasteiger partial charge is 0.139 e. The molecule has 0 unspecified atom stereocenters. The summed E-state index contributed by atoms with van der Waals surface area (Å²) < 4.78 is 8.52. The van der Waals surface area contributed by atoms with Gasteiger partial charge in [-0.15, -0.1) is 0 Å². The van der Waals surface area contributed by atoms with Crippen LogP contribution in [0, 0.1) is 3.70 Å². The molecule has 1 heterocycles. The van der Waals surface area contributed by atoms with Gasteiger partial charge in [-0.2, -0.15) is 5.10 Å². The minimum absolute atomic E-state index is 0.493. The highest BCUT2D eigenvalue weighted by atomic mass is 127. The van der Waals surface area contributed by atoms with Crippen LogP contribution in [0.4, 0.5) is 5.69 Å². The average molecular weight is 415 g/mol. The monoisotopic (exact) mass is 415 g/mol. The van der Waals surface area contributed by atoms with Gasteiger partial charge < -0.3 is 10.5 Å². The summed E-state index contributed by atoms with van der Waals surface area (Å²) in [5.41, 5.74) is 8.89. The zero-order chi connectivity index (χ0) is 15.5. The molecule has 2 aromatic rings. The summed E-state index contributed by atoms with van der Waals surface area (Å²) in [7, 11) is -1.03. The lowest BCUT2D eigenvalue weighted by molar-refractivity contribution is 0.0783. The SMILES string of the molecule is C[Si](C)(C)CCOCn1cc(-c2ccccc2N)c(I)n1. The summed E-state index contributed by atoms with van der Waals surface area (Å²) in [4.78, 5) is 0. The van der Waals surface area contributed by atoms with Gasteiger partial charge in [0.15, 0.2) is 0 Å². The first-order valence-corrected chi connectivity index (χ1v) is 11.8. The molecule has 0 bridgehead atoms. The molecule has 2 rings (SSSR count). The molecule has 2 N–H and O–H groups in total. The van der Waals surface area contributed by atoms with E-state index < -0.39 is 8.07 Å². The number of halogens is 1. The fraction of sp³-hybridized carbons (Fsp3) is 0.400. The van der Waals surface area contributed by atoms with Crippen LogP contribution in [0.1, 0.15) is 0 Å². The second kappa shape index (κ2) is 6.93. The van der Waals surface area contributed by atoms with Crippen LogP contribution in [-0.2, 0) is 11.5 Å². The molecule has 0 aliphatic carbocycles. The number of nitrogens with zero attached hydrogens (tertiary/aromatic N) is 2. The molecule has 0 saturated carbocycles. The van der Waals surface area contributed by atoms with Gasteiger partial charge in [-0.25, -0.2) is 4.68 Å². The van der Waals surface area contributed by atoms with Crippen molar-refractivity contribution in [3.63, 3.8) is 0 Å². The third-order valence-electron chi connectivity index (χ3n) is 3.19. The van der Waals surface area contributed by atoms with Gasteiger partial charge in [-0.05, 0) is 34.7 Å². The molecule has 114 valence electrons. The molecule has 1 aromatic carbocycles. The van der Waals surface area contributed by atoms with E-state index in [9.17, 15) is 0 Å². The number of anilines is 1. The van der Waals surface area contributed by atoms with Gasteiger partial charge in [-0.1, -0.05) is 37.8 Å². The zero-order valence-corrected chi connectivity index (χ0v) is 15.9. The number of para-hydroxylation sites is 1. The summed E-state index contributed by atoms with van der Waals surface area (Å²) >= 11 is 2.24. The van der Waals surface area contributed by atoms with E-state index in [1.54, 1.807) is 0 Å². The Morgan fingerprint density at radius 2 is 1.95 bits per heavy atom. The summed E-state index contributed by atoms with van der Waals surface area (Å²) in [6, 6.07) is 9.03. The highest BCUT2D eigenvalue weighted by molar-refractivity contribution is 14.1. The Hall–Kier alpha value is -0.863. The molecule has 0 radical (unpaired) electrons. The molecule has 0 aliphatic rings. The first-order valence-electron chi connectivity index (χ1n) is 7.02. The number of ether oxygens (including phenoxy) is 1. The molecule has 0 spiro atoms. The van der Waals surface area contributed by atoms with E-state index >= 15 is 0 Å². The number of nitrogens with two attached hydrogens (primary N) is 1. The van der Waals surface area contributed by atoms with Crippen molar-refractivity contribution >= 4 is 36.4 Å². The number of aromatic nitrogens is 2. The van der Waals surface area contributed by atoms with Crippen LogP contribution < -0.4 is 5.73 Å². The molecular formula is C15H22IN3OSi. The second-order valence-electron chi connectivity index (χ2n) is 6.31. The Morgan fingerprint density at radius 1 is 1.24 bits per heavy atom. The Bertz CT molecular complexity index is 607. The van der Waals surface area contributed by atoms with Crippen LogP contribution in [0.5, 0.6) is 0 Å². The lowest BCUT2D eigenvalue weighted by Crippen LogP contribution is -2.22. The van der Waals surface area contributed by atoms with Gasteiger partial charge in [-0.3, -0.25) is 0 Å². The van der Waals surface area contributed by atoms with Crippen LogP contribution in [0.25, 0.3) is 11.1 Å². The third kappa shape index (κ3) is 4.82. The third-order valence-corrected chi connectivity index (χ3v) is 5.69. The van der Waals surface area contributed by atoms with Crippen LogP contribution in [0.2, 0.25) is 25.7 Å². The summed E-state index contributed by atoms with van der Waals surface area (Å²) in [5.74, 6) is 0. The van der Waals surface area contributed by atoms with E-state index in [2.05, 4.69) is 47.3 Å². The Kier molecular flexibility index (Phi) is 5.45. The van der Waals surface area contributed by atoms with Crippen molar-refractivity contribution in [2.75, 3.05) is 12.3 Å². The maximum absolute atomic E-state index is 6.03. The molecule has 4 nitrogen and oxygen atoms in total. The Balaban J connectivity index is 2.02. The number of benzene rings is 1. The number of rotatable bonds is 6. The predicted octanol–water partition coefficient (Wildman–Crippen LogP) is 4.05. The highest BCUT2D eigenvalue weighted by Crippen LogP contribution is 2.29. The van der Waals surface area contributed by atoms with Crippen molar-refractivity contribution in [1.82, 2.24) is 9.78 Å². The molecule has 0 aliphatic heterocycles. The zero-order valence-electron chi connectivity index (χ0n) is 12.8. The standard InChI is InChI=1S/C15H22IN3OSi/c1-21(2,3)9-8-20-11-19-10-13(15(16)18-19)12-6-4-5-7-14(12)17/h4-7,10H,8-9,11,17H2,1-3H3. The van der Waals surface area contributed by atoms with E-state index in [1.165, 1.54) is 6.04 Å². The van der Waals surface area contributed by atoms with Crippen LogP contribution >= 0.6 is 22.6 Å². The van der Waals surface area contributed by atoms with Crippen molar-refractivity contribution in [3.8, 4) is 11.1 Å². The summed E-state index contributed by atoms with van der Waals surface area (Å²) in [5, 5.41) is 4.50. The van der Waals surface area contributed by atoms with Crippen molar-refractivity contribution < 1.29 is 4.74 Å². The molecule has 21 heavy (non-hydrogen) atoms. The van der Waals surface area contributed by atoms with Crippen molar-refractivity contribution in [2.45, 2.75) is 32.4 Å². The normalized spacial score (nSPS) is 11.8. The Morgan fingerprint density at radius 3 is 2.62 bits per heavy atom. The summed E-state index contributed by atoms with van der Waals surface area (Å²) in [6.07, 6.45) is 2.00. The molecular weight excluding hydrogens is 393 g/mol. The quantitative estimate of drug-likeness (QED) is 0.335. The lowest BCUT2D eigenvalue weighted by atomic mass is 10.1. The van der Waals surface area contributed by atoms with Crippen LogP contribution in [-0.4, -0.2) is 24.5 Å². The minimum Gasteiger partial charge on any atom is -0.398 e. The number of hydrogen-bond donors (Lipinski definition) is 1. The molecule has 0 atom stereocenters. The molecule has 1 aromatic heterocycles. The summed E-state index contributed by atoms with van der Waals surface area (Å²) in [6.45, 7) is 8.35. The van der Waals surface area contributed by atoms with E-state index in [-0.39, 0.29) is 0 Å². The van der Waals surface area contributed by atoms with Gasteiger partial charge in [0.25, 0.3) is 0 Å². The fourth-order valence-electron chi connectivity index (χ4n) is 1.92. The fourth-order valence-corrected chi connectivity index (χ4v) is 3.39. The molecule has 0 amide bonds. The van der Waals surface area contributed by atoms with Crippen LogP contribution in [0.15, 0.2) is 30.5 Å². The van der Waals surface area contributed by atoms with Gasteiger partial charge >= 0.3 is 0 Å². The number of nitrogen functional groups attached to an aromatic ring is 1. The minimum atomic E-state index is -1.03. The van der Waals surface area contributed by atoms with Crippen molar-refractivity contribution in [3.05, 3.63) is 34.2 Å². The van der Waals surface area contributed by atoms with E-state index in [4.69, 9.17) is 10.5 Å². The average Bonchev–Trinajstić information content (AvgIpc) is 2.75. The first kappa shape index (κ1) is 16.5. The van der Waals surface area contributed by atoms with Crippen molar-refractivity contribution in [1.29, 1.82) is 0 Å². The molecule has 0 fully saturated rings. The maximum atomic E-state index is 6.03. The van der Waals surface area contributed by atoms with E-state index in [0.717, 1.165) is 27.1 Å². The lowest BCUT2D eigenvalue weighted by Gasteiger charge is -2.15. The van der Waals surface area contributed by atoms with Crippen LogP contribution in [0.3, 0.4) is 0 Å². The van der Waals surface area contributed by atoms with E-state index in [1.807, 2.05) is 35.1 Å². The largest absolute Gasteiger partial charge is 0.398 e. The highest BCUT2D eigenvalue weighted by Gasteiger charge is 2.13. The maximum Gasteiger partial charge on any atom is 0.139 e. The number of hydrogen-bond acceptors (Lipinski definition) is 3. The van der Waals surface area contributed by atoms with Gasteiger partial charge in [0.1, 0.15) is 10.4 Å². The topological polar surface area (TPSA) is 53.1 Å². The van der Waals surface area contributed by atoms with Crippen molar-refractivity contribution in [2.24, 2.45) is 0 Å². The molecule has 0 saturated heterocycles. The predicted molar refractivity (Wildman–Crippen MR) is 98.9 cm³/mol. The van der Waals surface area contributed by atoms with Gasteiger partial charge in [0, 0.05) is 37.7 Å². The van der Waals surface area contributed by atoms with E-state index in [0.29, 0.717) is 6.73 Å². The second-order valence-corrected chi connectivity index (χ2v) is 13.0. The molecule has 6 heteroatoms. The first-order chi connectivity index (χ1) is 9.87. The van der Waals surface area contributed by atoms with Gasteiger partial charge in [0.05, 0.1) is 0 Å².